The van der Waals surface area contributed by atoms with Gasteiger partial charge in [0.05, 0.1) is 20.3 Å². The van der Waals surface area contributed by atoms with Crippen LogP contribution in [-0.2, 0) is 12.8 Å². The van der Waals surface area contributed by atoms with Gasteiger partial charge in [0.15, 0.2) is 0 Å². The van der Waals surface area contributed by atoms with Gasteiger partial charge in [-0.3, -0.25) is 0 Å². The van der Waals surface area contributed by atoms with Crippen LogP contribution in [-0.4, -0.2) is 38.0 Å². The van der Waals surface area contributed by atoms with Gasteiger partial charge in [0.2, 0.25) is 0 Å². The normalized spacial score (nSPS) is 17.6. The highest BCUT2D eigenvalue weighted by Gasteiger charge is 2.30. The second-order valence-corrected chi connectivity index (χ2v) is 8.83. The Morgan fingerprint density at radius 1 is 0.788 bits per heavy atom. The van der Waals surface area contributed by atoms with Crippen molar-refractivity contribution in [3.05, 3.63) is 95.1 Å². The summed E-state index contributed by atoms with van der Waals surface area (Å²) in [5.74, 6) is 2.12. The van der Waals surface area contributed by atoms with Crippen LogP contribution in [0.15, 0.2) is 72.8 Å². The van der Waals surface area contributed by atoms with E-state index >= 15 is 0 Å². The van der Waals surface area contributed by atoms with Gasteiger partial charge in [-0.1, -0.05) is 67.1 Å². The Kier molecular flexibility index (Phi) is 8.03. The molecule has 0 aromatic heterocycles. The summed E-state index contributed by atoms with van der Waals surface area (Å²) in [6, 6.07) is 25.5. The van der Waals surface area contributed by atoms with Gasteiger partial charge >= 0.3 is 0 Å². The number of fused-ring (bicyclic) bond motifs is 1. The van der Waals surface area contributed by atoms with E-state index in [1.165, 1.54) is 11.1 Å². The molecule has 4 heteroatoms. The van der Waals surface area contributed by atoms with Crippen molar-refractivity contribution in [2.45, 2.75) is 50.2 Å². The van der Waals surface area contributed by atoms with Crippen molar-refractivity contribution in [2.24, 2.45) is 0 Å². The van der Waals surface area contributed by atoms with E-state index in [0.29, 0.717) is 12.3 Å². The maximum atomic E-state index is 10.8. The van der Waals surface area contributed by atoms with Crippen LogP contribution in [0.3, 0.4) is 0 Å². The Labute approximate surface area is 197 Å². The zero-order valence-electron chi connectivity index (χ0n) is 19.7. The molecule has 2 N–H and O–H groups in total. The number of benzene rings is 3. The Hall–Kier alpha value is -2.82. The third kappa shape index (κ3) is 5.58. The molecule has 1 aliphatic carbocycles. The summed E-state index contributed by atoms with van der Waals surface area (Å²) < 4.78 is 11.1. The van der Waals surface area contributed by atoms with Gasteiger partial charge in [0.1, 0.15) is 11.5 Å². The van der Waals surface area contributed by atoms with E-state index in [9.17, 15) is 5.11 Å². The van der Waals surface area contributed by atoms with Gasteiger partial charge in [-0.25, -0.2) is 0 Å². The Balaban J connectivity index is 1.33. The van der Waals surface area contributed by atoms with E-state index in [1.807, 2.05) is 12.1 Å². The molecular formula is C29H35NO3. The molecule has 0 radical (unpaired) electrons. The van der Waals surface area contributed by atoms with Gasteiger partial charge < -0.3 is 19.9 Å². The van der Waals surface area contributed by atoms with Crippen LogP contribution in [0.25, 0.3) is 0 Å². The Bertz CT molecular complexity index is 967. The van der Waals surface area contributed by atoms with Crippen molar-refractivity contribution in [1.29, 1.82) is 0 Å². The molecule has 0 amide bonds. The highest BCUT2D eigenvalue weighted by molar-refractivity contribution is 5.51. The van der Waals surface area contributed by atoms with Crippen LogP contribution < -0.4 is 14.8 Å². The number of rotatable bonds is 10. The van der Waals surface area contributed by atoms with Crippen molar-refractivity contribution in [3.8, 4) is 11.5 Å². The van der Waals surface area contributed by atoms with E-state index in [2.05, 4.69) is 66.0 Å². The quantitative estimate of drug-likeness (QED) is 0.425. The lowest BCUT2D eigenvalue weighted by Crippen LogP contribution is -2.46. The standard InChI is InChI=1S/C29H35NO3/c1-32-28-16-17-29(33-2)25-20-27(31)26(19-24(25)28)30-18-10-9-15-23(21-11-5-3-6-12-21)22-13-7-4-8-14-22/h3-8,11-14,16-17,23,26-27,30-31H,9-10,15,18-20H2,1-2H3/t26-,27-/m0/s1. The average molecular weight is 446 g/mol. The molecule has 174 valence electrons. The predicted molar refractivity (Wildman–Crippen MR) is 133 cm³/mol. The van der Waals surface area contributed by atoms with E-state index in [1.54, 1.807) is 14.2 Å². The minimum absolute atomic E-state index is 0.0255. The first-order chi connectivity index (χ1) is 16.2. The van der Waals surface area contributed by atoms with Crippen LogP contribution in [0.4, 0.5) is 0 Å². The third-order valence-corrected chi connectivity index (χ3v) is 6.82. The fourth-order valence-corrected chi connectivity index (χ4v) is 5.05. The van der Waals surface area contributed by atoms with Crippen LogP contribution in [0, 0.1) is 0 Å². The van der Waals surface area contributed by atoms with E-state index in [0.717, 1.165) is 54.9 Å². The van der Waals surface area contributed by atoms with Crippen LogP contribution in [0.5, 0.6) is 11.5 Å². The molecular weight excluding hydrogens is 410 g/mol. The number of nitrogens with one attached hydrogen (secondary N) is 1. The number of hydrogen-bond donors (Lipinski definition) is 2. The molecule has 0 saturated carbocycles. The first kappa shape index (κ1) is 23.3. The molecule has 4 rings (SSSR count). The number of unbranched alkanes of at least 4 members (excludes halogenated alkanes) is 1. The second kappa shape index (κ2) is 11.4. The van der Waals surface area contributed by atoms with E-state index in [4.69, 9.17) is 9.47 Å². The molecule has 0 aliphatic heterocycles. The molecule has 0 spiro atoms. The lowest BCUT2D eigenvalue weighted by atomic mass is 9.84. The number of methoxy groups -OCH3 is 2. The molecule has 0 bridgehead atoms. The number of ether oxygens (including phenoxy) is 2. The molecule has 1 aliphatic rings. The van der Waals surface area contributed by atoms with Crippen molar-refractivity contribution in [3.63, 3.8) is 0 Å². The average Bonchev–Trinajstić information content (AvgIpc) is 2.86. The molecule has 0 fully saturated rings. The van der Waals surface area contributed by atoms with Gasteiger partial charge in [0.25, 0.3) is 0 Å². The van der Waals surface area contributed by atoms with E-state index in [-0.39, 0.29) is 6.04 Å². The third-order valence-electron chi connectivity index (χ3n) is 6.82. The Morgan fingerprint density at radius 3 is 1.88 bits per heavy atom. The molecule has 3 aromatic rings. The van der Waals surface area contributed by atoms with Gasteiger partial charge in [-0.15, -0.1) is 0 Å². The summed E-state index contributed by atoms with van der Waals surface area (Å²) in [7, 11) is 3.38. The second-order valence-electron chi connectivity index (χ2n) is 8.83. The first-order valence-corrected chi connectivity index (χ1v) is 11.9. The maximum Gasteiger partial charge on any atom is 0.122 e. The lowest BCUT2D eigenvalue weighted by molar-refractivity contribution is 0.117. The van der Waals surface area contributed by atoms with Crippen molar-refractivity contribution < 1.29 is 14.6 Å². The van der Waals surface area contributed by atoms with Crippen molar-refractivity contribution >= 4 is 0 Å². The summed E-state index contributed by atoms with van der Waals surface area (Å²) >= 11 is 0. The summed E-state index contributed by atoms with van der Waals surface area (Å²) in [6.07, 6.45) is 4.20. The molecule has 4 nitrogen and oxygen atoms in total. The predicted octanol–water partition coefficient (Wildman–Crippen LogP) is 5.12. The summed E-state index contributed by atoms with van der Waals surface area (Å²) in [5.41, 5.74) is 4.96. The maximum absolute atomic E-state index is 10.8. The fourth-order valence-electron chi connectivity index (χ4n) is 5.05. The molecule has 0 unspecified atom stereocenters. The van der Waals surface area contributed by atoms with E-state index < -0.39 is 6.10 Å². The molecule has 33 heavy (non-hydrogen) atoms. The largest absolute Gasteiger partial charge is 0.496 e. The minimum atomic E-state index is -0.431. The summed E-state index contributed by atoms with van der Waals surface area (Å²) in [5, 5.41) is 14.4. The van der Waals surface area contributed by atoms with Crippen molar-refractivity contribution in [2.75, 3.05) is 20.8 Å². The van der Waals surface area contributed by atoms with Gasteiger partial charge in [-0.2, -0.15) is 0 Å². The summed E-state index contributed by atoms with van der Waals surface area (Å²) in [4.78, 5) is 0. The smallest absolute Gasteiger partial charge is 0.122 e. The first-order valence-electron chi connectivity index (χ1n) is 11.9. The zero-order chi connectivity index (χ0) is 23.0. The number of aliphatic hydroxyl groups is 1. The van der Waals surface area contributed by atoms with Gasteiger partial charge in [-0.05, 0) is 49.1 Å². The minimum Gasteiger partial charge on any atom is -0.496 e. The molecule has 0 saturated heterocycles. The van der Waals surface area contributed by atoms with Crippen molar-refractivity contribution in [1.82, 2.24) is 5.32 Å². The highest BCUT2D eigenvalue weighted by atomic mass is 16.5. The molecule has 3 aromatic carbocycles. The molecule has 2 atom stereocenters. The van der Waals surface area contributed by atoms with Gasteiger partial charge in [0, 0.05) is 29.5 Å². The number of aliphatic hydroxyl groups excluding tert-OH is 1. The lowest BCUT2D eigenvalue weighted by Gasteiger charge is -2.32. The highest BCUT2D eigenvalue weighted by Crippen LogP contribution is 2.36. The SMILES string of the molecule is COc1ccc(OC)c2c1C[C@H](NCCCCC(c1ccccc1)c1ccccc1)[C@@H](O)C2. The number of hydrogen-bond acceptors (Lipinski definition) is 4. The summed E-state index contributed by atoms with van der Waals surface area (Å²) in [6.45, 7) is 0.889. The zero-order valence-corrected chi connectivity index (χ0v) is 19.7. The van der Waals surface area contributed by atoms with Crippen LogP contribution in [0.1, 0.15) is 47.4 Å². The monoisotopic (exact) mass is 445 g/mol. The van der Waals surface area contributed by atoms with Crippen LogP contribution in [0.2, 0.25) is 0 Å². The van der Waals surface area contributed by atoms with Crippen LogP contribution >= 0.6 is 0 Å². The topological polar surface area (TPSA) is 50.7 Å². The Morgan fingerprint density at radius 2 is 1.33 bits per heavy atom. The fraction of sp³-hybridized carbons (Fsp3) is 0.379. The molecule has 0 heterocycles.